The normalized spacial score (nSPS) is 14.0. The first kappa shape index (κ1) is 13.5. The molecule has 0 fully saturated rings. The van der Waals surface area contributed by atoms with E-state index in [4.69, 9.17) is 0 Å². The van der Waals surface area contributed by atoms with Gasteiger partial charge in [-0.1, -0.05) is 39.0 Å². The summed E-state index contributed by atoms with van der Waals surface area (Å²) in [4.78, 5) is 10.2. The van der Waals surface area contributed by atoms with Gasteiger partial charge in [-0.15, -0.1) is 0 Å². The number of hydrogen-bond donors (Lipinski definition) is 0. The van der Waals surface area contributed by atoms with Crippen molar-refractivity contribution in [2.45, 2.75) is 51.6 Å². The van der Waals surface area contributed by atoms with Gasteiger partial charge in [0.05, 0.1) is 0 Å². The minimum Gasteiger partial charge on any atom is -0.303 e. The molecule has 0 aromatic rings. The molecule has 0 saturated carbocycles. The lowest BCUT2D eigenvalue weighted by Gasteiger charge is -2.13. The summed E-state index contributed by atoms with van der Waals surface area (Å²) in [6.45, 7) is 2.05. The summed E-state index contributed by atoms with van der Waals surface area (Å²) >= 11 is 0. The molecule has 0 aliphatic rings. The quantitative estimate of drug-likeness (QED) is 0.462. The molecule has 0 bridgehead atoms. The summed E-state index contributed by atoms with van der Waals surface area (Å²) in [6, 6.07) is 0. The summed E-state index contributed by atoms with van der Waals surface area (Å²) < 4.78 is 36.2. The van der Waals surface area contributed by atoms with E-state index < -0.39 is 12.1 Å². The number of unbranched alkanes of at least 4 members (excludes halogenated alkanes) is 4. The van der Waals surface area contributed by atoms with Crippen LogP contribution in [0, 0.1) is 5.92 Å². The Hall–Kier alpha value is -0.540. The van der Waals surface area contributed by atoms with Crippen molar-refractivity contribution in [2.24, 2.45) is 5.92 Å². The second-order valence-electron chi connectivity index (χ2n) is 3.49. The Bertz CT molecular complexity index is 154. The van der Waals surface area contributed by atoms with Crippen molar-refractivity contribution in [3.63, 3.8) is 0 Å². The second-order valence-corrected chi connectivity index (χ2v) is 3.49. The van der Waals surface area contributed by atoms with Crippen LogP contribution in [0.1, 0.15) is 45.4 Å². The van der Waals surface area contributed by atoms with Gasteiger partial charge >= 0.3 is 6.18 Å². The average Bonchev–Trinajstić information content (AvgIpc) is 2.09. The topological polar surface area (TPSA) is 17.1 Å². The van der Waals surface area contributed by atoms with Crippen molar-refractivity contribution in [1.82, 2.24) is 0 Å². The van der Waals surface area contributed by atoms with Gasteiger partial charge in [0.1, 0.15) is 12.2 Å². The molecule has 0 spiro atoms. The molecule has 1 nitrogen and oxygen atoms in total. The summed E-state index contributed by atoms with van der Waals surface area (Å²) in [5.41, 5.74) is 0. The van der Waals surface area contributed by atoms with Crippen molar-refractivity contribution in [1.29, 1.82) is 0 Å². The fourth-order valence-corrected chi connectivity index (χ4v) is 1.28. The third-order valence-electron chi connectivity index (χ3n) is 2.20. The molecule has 0 aliphatic heterocycles. The van der Waals surface area contributed by atoms with E-state index in [2.05, 4.69) is 0 Å². The first-order valence-electron chi connectivity index (χ1n) is 5.04. The largest absolute Gasteiger partial charge is 0.398 e. The van der Waals surface area contributed by atoms with Gasteiger partial charge in [-0.2, -0.15) is 13.2 Å². The fraction of sp³-hybridized carbons (Fsp3) is 0.900. The minimum atomic E-state index is -4.35. The van der Waals surface area contributed by atoms with Crippen LogP contribution in [-0.2, 0) is 4.79 Å². The second kappa shape index (κ2) is 6.85. The number of carbonyl (C=O) groups is 1. The van der Waals surface area contributed by atoms with Gasteiger partial charge in [-0.25, -0.2) is 0 Å². The molecule has 0 saturated heterocycles. The molecule has 0 aromatic carbocycles. The molecular weight excluding hydrogens is 193 g/mol. The monoisotopic (exact) mass is 210 g/mol. The van der Waals surface area contributed by atoms with E-state index in [9.17, 15) is 18.0 Å². The van der Waals surface area contributed by atoms with Crippen LogP contribution in [0.2, 0.25) is 0 Å². The van der Waals surface area contributed by atoms with Crippen LogP contribution in [0.5, 0.6) is 0 Å². The Morgan fingerprint density at radius 2 is 1.71 bits per heavy atom. The average molecular weight is 210 g/mol. The lowest BCUT2D eigenvalue weighted by molar-refractivity contribution is -0.175. The van der Waals surface area contributed by atoms with E-state index in [1.54, 1.807) is 0 Å². The van der Waals surface area contributed by atoms with E-state index in [1.807, 2.05) is 6.92 Å². The number of hydrogen-bond acceptors (Lipinski definition) is 1. The Morgan fingerprint density at radius 3 is 2.14 bits per heavy atom. The first-order chi connectivity index (χ1) is 6.52. The van der Waals surface area contributed by atoms with Gasteiger partial charge in [0, 0.05) is 0 Å². The van der Waals surface area contributed by atoms with Crippen molar-refractivity contribution >= 4 is 6.29 Å². The molecule has 84 valence electrons. The maximum Gasteiger partial charge on any atom is 0.398 e. The molecule has 1 atom stereocenters. The van der Waals surface area contributed by atoms with Gasteiger partial charge in [0.2, 0.25) is 0 Å². The Labute approximate surface area is 82.7 Å². The number of alkyl halides is 3. The molecule has 0 heterocycles. The van der Waals surface area contributed by atoms with Gasteiger partial charge in [0.15, 0.2) is 0 Å². The van der Waals surface area contributed by atoms with Crippen molar-refractivity contribution in [3.05, 3.63) is 0 Å². The highest BCUT2D eigenvalue weighted by molar-refractivity contribution is 5.54. The summed E-state index contributed by atoms with van der Waals surface area (Å²) in [5.74, 6) is -1.76. The van der Waals surface area contributed by atoms with E-state index in [0.717, 1.165) is 25.7 Å². The molecule has 0 radical (unpaired) electrons. The molecule has 1 unspecified atom stereocenters. The Balaban J connectivity index is 3.59. The van der Waals surface area contributed by atoms with E-state index in [-0.39, 0.29) is 12.7 Å². The zero-order valence-corrected chi connectivity index (χ0v) is 8.44. The third kappa shape index (κ3) is 6.00. The number of rotatable bonds is 7. The molecule has 0 rings (SSSR count). The predicted octanol–water partition coefficient (Wildman–Crippen LogP) is 3.72. The van der Waals surface area contributed by atoms with Crippen LogP contribution in [-0.4, -0.2) is 12.5 Å². The van der Waals surface area contributed by atoms with Gasteiger partial charge in [-0.05, 0) is 6.42 Å². The van der Waals surface area contributed by atoms with Gasteiger partial charge < -0.3 is 4.79 Å². The molecule has 14 heavy (non-hydrogen) atoms. The molecular formula is C10H17F3O. The SMILES string of the molecule is CCCCCCCC(C=O)C(F)(F)F. The number of carbonyl (C=O) groups excluding carboxylic acids is 1. The zero-order valence-electron chi connectivity index (χ0n) is 8.44. The molecule has 0 amide bonds. The van der Waals surface area contributed by atoms with Crippen LogP contribution in [0.3, 0.4) is 0 Å². The van der Waals surface area contributed by atoms with E-state index in [0.29, 0.717) is 6.42 Å². The Kier molecular flexibility index (Phi) is 6.58. The first-order valence-corrected chi connectivity index (χ1v) is 5.04. The van der Waals surface area contributed by atoms with Crippen LogP contribution in [0.25, 0.3) is 0 Å². The highest BCUT2D eigenvalue weighted by Gasteiger charge is 2.38. The van der Waals surface area contributed by atoms with E-state index >= 15 is 0 Å². The van der Waals surface area contributed by atoms with Gasteiger partial charge in [0.25, 0.3) is 0 Å². The Morgan fingerprint density at radius 1 is 1.14 bits per heavy atom. The third-order valence-corrected chi connectivity index (χ3v) is 2.20. The lowest BCUT2D eigenvalue weighted by Crippen LogP contribution is -2.23. The highest BCUT2D eigenvalue weighted by Crippen LogP contribution is 2.28. The van der Waals surface area contributed by atoms with E-state index in [1.165, 1.54) is 0 Å². The minimum absolute atomic E-state index is 0.0137. The summed E-state index contributed by atoms with van der Waals surface area (Å²) in [6.07, 6.45) is -0.0473. The molecule has 0 aliphatic carbocycles. The van der Waals surface area contributed by atoms with Crippen LogP contribution in [0.15, 0.2) is 0 Å². The summed E-state index contributed by atoms with van der Waals surface area (Å²) in [5, 5.41) is 0. The molecule has 0 aromatic heterocycles. The zero-order chi connectivity index (χ0) is 11.0. The maximum absolute atomic E-state index is 12.1. The maximum atomic E-state index is 12.1. The van der Waals surface area contributed by atoms with Crippen LogP contribution in [0.4, 0.5) is 13.2 Å². The van der Waals surface area contributed by atoms with Crippen LogP contribution < -0.4 is 0 Å². The fourth-order valence-electron chi connectivity index (χ4n) is 1.28. The summed E-state index contributed by atoms with van der Waals surface area (Å²) in [7, 11) is 0. The standard InChI is InChI=1S/C10H17F3O/c1-2-3-4-5-6-7-9(8-14)10(11,12)13/h8-9H,2-7H2,1H3. The van der Waals surface area contributed by atoms with Crippen molar-refractivity contribution < 1.29 is 18.0 Å². The predicted molar refractivity (Wildman–Crippen MR) is 49.0 cm³/mol. The number of halogens is 3. The molecule has 4 heteroatoms. The molecule has 0 N–H and O–H groups in total. The van der Waals surface area contributed by atoms with Crippen molar-refractivity contribution in [2.75, 3.05) is 0 Å². The highest BCUT2D eigenvalue weighted by atomic mass is 19.4. The van der Waals surface area contributed by atoms with Crippen molar-refractivity contribution in [3.8, 4) is 0 Å². The van der Waals surface area contributed by atoms with Crippen LogP contribution >= 0.6 is 0 Å². The smallest absolute Gasteiger partial charge is 0.303 e. The number of aldehydes is 1. The lowest BCUT2D eigenvalue weighted by atomic mass is 10.0. The van der Waals surface area contributed by atoms with Gasteiger partial charge in [-0.3, -0.25) is 0 Å².